The highest BCUT2D eigenvalue weighted by Crippen LogP contribution is 2.32. The fourth-order valence-corrected chi connectivity index (χ4v) is 4.92. The van der Waals surface area contributed by atoms with Crippen molar-refractivity contribution < 1.29 is 19.1 Å². The van der Waals surface area contributed by atoms with Crippen molar-refractivity contribution in [1.29, 1.82) is 0 Å². The Labute approximate surface area is 226 Å². The molecule has 0 bridgehead atoms. The van der Waals surface area contributed by atoms with Crippen molar-refractivity contribution in [3.63, 3.8) is 0 Å². The van der Waals surface area contributed by atoms with Crippen LogP contribution in [-0.4, -0.2) is 28.5 Å². The van der Waals surface area contributed by atoms with E-state index in [4.69, 9.17) is 4.74 Å². The minimum atomic E-state index is -0.488. The number of halogens is 1. The molecule has 6 nitrogen and oxygen atoms in total. The van der Waals surface area contributed by atoms with Crippen LogP contribution in [0.1, 0.15) is 11.1 Å². The molecule has 184 valence electrons. The summed E-state index contributed by atoms with van der Waals surface area (Å²) in [6, 6.07) is 28.7. The van der Waals surface area contributed by atoms with E-state index in [1.165, 1.54) is 10.8 Å². The van der Waals surface area contributed by atoms with Crippen molar-refractivity contribution in [2.24, 2.45) is 0 Å². The van der Waals surface area contributed by atoms with E-state index in [-0.39, 0.29) is 11.4 Å². The number of carbonyl (C=O) groups excluding carboxylic acids is 3. The summed E-state index contributed by atoms with van der Waals surface area (Å²) in [7, 11) is 0. The van der Waals surface area contributed by atoms with Gasteiger partial charge in [-0.1, -0.05) is 64.5 Å². The molecule has 3 amide bonds. The molecule has 0 saturated carbocycles. The average Bonchev–Trinajstić information content (AvgIpc) is 3.16. The van der Waals surface area contributed by atoms with Crippen LogP contribution >= 0.6 is 27.7 Å². The van der Waals surface area contributed by atoms with E-state index in [1.54, 1.807) is 30.3 Å². The molecule has 1 saturated heterocycles. The molecular formula is C29H21BrN2O4S. The van der Waals surface area contributed by atoms with Gasteiger partial charge in [0.25, 0.3) is 11.1 Å². The molecule has 0 aromatic heterocycles. The number of nitrogens with zero attached hydrogens (tertiary/aromatic N) is 1. The molecule has 1 aliphatic heterocycles. The second-order valence-electron chi connectivity index (χ2n) is 8.36. The third-order valence-electron chi connectivity index (χ3n) is 5.70. The Balaban J connectivity index is 1.18. The minimum absolute atomic E-state index is 0.270. The quantitative estimate of drug-likeness (QED) is 0.245. The largest absolute Gasteiger partial charge is 0.489 e. The number of fused-ring (bicyclic) bond motifs is 1. The molecule has 0 unspecified atom stereocenters. The van der Waals surface area contributed by atoms with Crippen LogP contribution in [0, 0.1) is 0 Å². The van der Waals surface area contributed by atoms with Crippen LogP contribution in [0.2, 0.25) is 0 Å². The Kier molecular flexibility index (Phi) is 7.39. The van der Waals surface area contributed by atoms with Crippen LogP contribution in [0.4, 0.5) is 10.5 Å². The second kappa shape index (κ2) is 11.0. The fourth-order valence-electron chi connectivity index (χ4n) is 3.82. The lowest BCUT2D eigenvalue weighted by molar-refractivity contribution is -0.127. The first-order valence-corrected chi connectivity index (χ1v) is 13.1. The third-order valence-corrected chi connectivity index (χ3v) is 7.14. The summed E-state index contributed by atoms with van der Waals surface area (Å²) in [6.07, 6.45) is 1.64. The molecule has 0 spiro atoms. The lowest BCUT2D eigenvalue weighted by atomic mass is 10.1. The molecule has 0 aliphatic carbocycles. The number of benzene rings is 4. The minimum Gasteiger partial charge on any atom is -0.489 e. The number of hydrogen-bond donors (Lipinski definition) is 1. The summed E-state index contributed by atoms with van der Waals surface area (Å²) in [5.41, 5.74) is 2.40. The Morgan fingerprint density at radius 3 is 2.41 bits per heavy atom. The highest BCUT2D eigenvalue weighted by Gasteiger charge is 2.36. The summed E-state index contributed by atoms with van der Waals surface area (Å²) < 4.78 is 6.80. The highest BCUT2D eigenvalue weighted by atomic mass is 79.9. The first-order valence-electron chi connectivity index (χ1n) is 11.5. The number of rotatable bonds is 7. The number of imide groups is 1. The van der Waals surface area contributed by atoms with Crippen LogP contribution in [0.5, 0.6) is 5.75 Å². The van der Waals surface area contributed by atoms with Crippen LogP contribution in [0.3, 0.4) is 0 Å². The van der Waals surface area contributed by atoms with E-state index in [2.05, 4.69) is 45.5 Å². The standard InChI is InChI=1S/C29H21BrN2O4S/c30-23-9-11-24(12-10-23)31-27(33)17-32-28(34)26(37-29(32)35)16-19-6-13-25(14-7-19)36-18-20-5-8-21-3-1-2-4-22(21)15-20/h1-16H,17-18H2,(H,31,33)/b26-16-. The predicted molar refractivity (Wildman–Crippen MR) is 150 cm³/mol. The molecule has 1 N–H and O–H groups in total. The smallest absolute Gasteiger partial charge is 0.294 e. The summed E-state index contributed by atoms with van der Waals surface area (Å²) in [6.45, 7) is 0.0883. The number of carbonyl (C=O) groups is 3. The van der Waals surface area contributed by atoms with Crippen molar-refractivity contribution in [3.8, 4) is 5.75 Å². The van der Waals surface area contributed by atoms with Gasteiger partial charge in [0.1, 0.15) is 18.9 Å². The molecule has 1 fully saturated rings. The van der Waals surface area contributed by atoms with Gasteiger partial charge in [0.15, 0.2) is 0 Å². The topological polar surface area (TPSA) is 75.7 Å². The van der Waals surface area contributed by atoms with Gasteiger partial charge in [-0.3, -0.25) is 19.3 Å². The summed E-state index contributed by atoms with van der Waals surface area (Å²) in [5.74, 6) is -0.237. The van der Waals surface area contributed by atoms with Gasteiger partial charge >= 0.3 is 0 Å². The van der Waals surface area contributed by atoms with E-state index in [0.717, 1.165) is 32.3 Å². The first kappa shape index (κ1) is 24.8. The Morgan fingerprint density at radius 1 is 0.919 bits per heavy atom. The summed E-state index contributed by atoms with van der Waals surface area (Å²) >= 11 is 4.15. The summed E-state index contributed by atoms with van der Waals surface area (Å²) in [5, 5.41) is 4.57. The van der Waals surface area contributed by atoms with Crippen molar-refractivity contribution in [3.05, 3.63) is 112 Å². The molecule has 0 atom stereocenters. The van der Waals surface area contributed by atoms with E-state index in [0.29, 0.717) is 18.0 Å². The fraction of sp³-hybridized carbons (Fsp3) is 0.0690. The number of nitrogens with one attached hydrogen (secondary N) is 1. The zero-order valence-corrected chi connectivity index (χ0v) is 21.9. The molecule has 1 heterocycles. The number of anilines is 1. The van der Waals surface area contributed by atoms with E-state index < -0.39 is 17.1 Å². The maximum Gasteiger partial charge on any atom is 0.294 e. The molecule has 4 aromatic carbocycles. The maximum atomic E-state index is 12.8. The van der Waals surface area contributed by atoms with Gasteiger partial charge in [-0.2, -0.15) is 0 Å². The van der Waals surface area contributed by atoms with Gasteiger partial charge in [0.2, 0.25) is 5.91 Å². The number of ether oxygens (including phenoxy) is 1. The zero-order valence-electron chi connectivity index (χ0n) is 19.5. The Bertz CT molecular complexity index is 1520. The van der Waals surface area contributed by atoms with Crippen molar-refractivity contribution >= 4 is 67.3 Å². The molecule has 0 radical (unpaired) electrons. The maximum absolute atomic E-state index is 12.8. The Morgan fingerprint density at radius 2 is 1.65 bits per heavy atom. The molecule has 5 rings (SSSR count). The van der Waals surface area contributed by atoms with Crippen molar-refractivity contribution in [2.45, 2.75) is 6.61 Å². The van der Waals surface area contributed by atoms with Crippen LogP contribution in [-0.2, 0) is 16.2 Å². The second-order valence-corrected chi connectivity index (χ2v) is 10.3. The van der Waals surface area contributed by atoms with Gasteiger partial charge in [0, 0.05) is 10.2 Å². The van der Waals surface area contributed by atoms with Gasteiger partial charge in [-0.05, 0) is 82.2 Å². The van der Waals surface area contributed by atoms with Gasteiger partial charge < -0.3 is 10.1 Å². The number of thioether (sulfide) groups is 1. The highest BCUT2D eigenvalue weighted by molar-refractivity contribution is 9.10. The van der Waals surface area contributed by atoms with Crippen molar-refractivity contribution in [1.82, 2.24) is 4.90 Å². The van der Waals surface area contributed by atoms with E-state index in [9.17, 15) is 14.4 Å². The van der Waals surface area contributed by atoms with E-state index >= 15 is 0 Å². The van der Waals surface area contributed by atoms with Crippen LogP contribution in [0.15, 0.2) is 100 Å². The zero-order chi connectivity index (χ0) is 25.8. The SMILES string of the molecule is O=C(CN1C(=O)S/C(=C\c2ccc(OCc3ccc4ccccc4c3)cc2)C1=O)Nc1ccc(Br)cc1. The lowest BCUT2D eigenvalue weighted by Crippen LogP contribution is -2.36. The molecule has 8 heteroatoms. The van der Waals surface area contributed by atoms with Gasteiger partial charge in [-0.15, -0.1) is 0 Å². The first-order chi connectivity index (χ1) is 17.9. The molecule has 1 aliphatic rings. The van der Waals surface area contributed by atoms with Crippen LogP contribution < -0.4 is 10.1 Å². The average molecular weight is 573 g/mol. The van der Waals surface area contributed by atoms with Gasteiger partial charge in [-0.25, -0.2) is 0 Å². The normalized spacial score (nSPS) is 14.4. The monoisotopic (exact) mass is 572 g/mol. The number of amides is 3. The molecule has 37 heavy (non-hydrogen) atoms. The predicted octanol–water partition coefficient (Wildman–Crippen LogP) is 6.86. The Hall–Kier alpha value is -3.88. The number of hydrogen-bond acceptors (Lipinski definition) is 5. The lowest BCUT2D eigenvalue weighted by Gasteiger charge is -2.12. The molecule has 4 aromatic rings. The van der Waals surface area contributed by atoms with Crippen molar-refractivity contribution in [2.75, 3.05) is 11.9 Å². The van der Waals surface area contributed by atoms with Crippen LogP contribution in [0.25, 0.3) is 16.8 Å². The third kappa shape index (κ3) is 6.10. The summed E-state index contributed by atoms with van der Waals surface area (Å²) in [4.78, 5) is 38.8. The van der Waals surface area contributed by atoms with Gasteiger partial charge in [0.05, 0.1) is 4.91 Å². The molecular weight excluding hydrogens is 552 g/mol. The van der Waals surface area contributed by atoms with E-state index in [1.807, 2.05) is 42.5 Å².